The summed E-state index contributed by atoms with van der Waals surface area (Å²) in [4.78, 5) is 37.8. The highest BCUT2D eigenvalue weighted by molar-refractivity contribution is 7.47. The van der Waals surface area contributed by atoms with E-state index < -0.39 is 20.0 Å². The number of quaternary nitrogens is 1. The van der Waals surface area contributed by atoms with Crippen LogP contribution in [0.5, 0.6) is 0 Å². The van der Waals surface area contributed by atoms with Crippen molar-refractivity contribution < 1.29 is 37.3 Å². The second-order valence-electron chi connectivity index (χ2n) is 25.1. The standard InChI is InChI=1S/C70H135N2O7P/c1-7-10-13-16-19-22-25-27-29-31-32-33-34-35-36-37-38-39-40-41-43-45-48-51-54-57-60-63-70(74)79-68(61-58-55-52-49-46-24-21-18-15-12-9-3)67(66-78-80(75,76)77-65-64-72(4,5)6)71-69(73)62-59-56-53-50-47-44-42-30-28-26-23-20-17-14-11-8-2/h30,42,44,47,58,61,67-68H,7-29,31-41,43,45-46,48-57,59-60,62-66H2,1-6H3,(H-,71,73,75,76)/p+1/b42-30+,47-44+,61-58-. The van der Waals surface area contributed by atoms with Crippen LogP contribution in [0.3, 0.4) is 0 Å². The zero-order chi connectivity index (χ0) is 58.6. The van der Waals surface area contributed by atoms with Gasteiger partial charge in [-0.25, -0.2) is 4.57 Å². The maximum Gasteiger partial charge on any atom is 0.472 e. The maximum absolute atomic E-state index is 13.5. The average molecular weight is 1150 g/mol. The second kappa shape index (κ2) is 60.4. The predicted octanol–water partition coefficient (Wildman–Crippen LogP) is 21.8. The summed E-state index contributed by atoms with van der Waals surface area (Å²) in [5, 5.41) is 3.05. The van der Waals surface area contributed by atoms with Crippen molar-refractivity contribution in [3.05, 3.63) is 36.5 Å². The van der Waals surface area contributed by atoms with E-state index in [9.17, 15) is 19.0 Å². The molecule has 0 saturated carbocycles. The average Bonchev–Trinajstić information content (AvgIpc) is 3.43. The molecule has 0 aliphatic carbocycles. The van der Waals surface area contributed by atoms with Crippen molar-refractivity contribution >= 4 is 19.7 Å². The molecule has 3 atom stereocenters. The quantitative estimate of drug-likeness (QED) is 0.0156. The lowest BCUT2D eigenvalue weighted by Gasteiger charge is -2.27. The normalized spacial score (nSPS) is 13.7. The van der Waals surface area contributed by atoms with Gasteiger partial charge < -0.3 is 19.4 Å². The van der Waals surface area contributed by atoms with E-state index in [0.717, 1.165) is 64.2 Å². The predicted molar refractivity (Wildman–Crippen MR) is 346 cm³/mol. The van der Waals surface area contributed by atoms with E-state index in [0.29, 0.717) is 30.3 Å². The van der Waals surface area contributed by atoms with Gasteiger partial charge >= 0.3 is 13.8 Å². The number of hydrogen-bond donors (Lipinski definition) is 2. The van der Waals surface area contributed by atoms with Crippen LogP contribution >= 0.6 is 7.82 Å². The Morgan fingerprint density at radius 2 is 0.750 bits per heavy atom. The molecule has 472 valence electrons. The molecule has 0 spiro atoms. The molecule has 0 radical (unpaired) electrons. The summed E-state index contributed by atoms with van der Waals surface area (Å²) in [5.41, 5.74) is 0. The lowest BCUT2D eigenvalue weighted by molar-refractivity contribution is -0.870. The molecule has 0 bridgehead atoms. The molecule has 0 fully saturated rings. The summed E-state index contributed by atoms with van der Waals surface area (Å²) in [5.74, 6) is -0.520. The molecule has 0 aromatic heterocycles. The third kappa shape index (κ3) is 60.8. The molecule has 10 heteroatoms. The molecule has 0 heterocycles. The van der Waals surface area contributed by atoms with Crippen LogP contribution in [0.25, 0.3) is 0 Å². The molecule has 0 aromatic carbocycles. The summed E-state index contributed by atoms with van der Waals surface area (Å²) >= 11 is 0. The first-order valence-corrected chi connectivity index (χ1v) is 36.3. The molecule has 3 unspecified atom stereocenters. The maximum atomic E-state index is 13.5. The number of allylic oxidation sites excluding steroid dienone is 5. The van der Waals surface area contributed by atoms with Gasteiger partial charge in [-0.15, -0.1) is 0 Å². The second-order valence-corrected chi connectivity index (χ2v) is 26.5. The van der Waals surface area contributed by atoms with E-state index in [1.54, 1.807) is 0 Å². The fraction of sp³-hybridized carbons (Fsp3) is 0.886. The summed E-state index contributed by atoms with van der Waals surface area (Å²) in [7, 11) is 1.49. The van der Waals surface area contributed by atoms with Gasteiger partial charge in [-0.3, -0.25) is 18.6 Å². The topological polar surface area (TPSA) is 111 Å². The smallest absolute Gasteiger partial charge is 0.456 e. The fourth-order valence-corrected chi connectivity index (χ4v) is 11.2. The Morgan fingerprint density at radius 1 is 0.438 bits per heavy atom. The number of carbonyl (C=O) groups excluding carboxylic acids is 2. The fourth-order valence-electron chi connectivity index (χ4n) is 10.5. The Balaban J connectivity index is 4.97. The molecular weight excluding hydrogens is 1010 g/mol. The number of esters is 1. The van der Waals surface area contributed by atoms with E-state index in [-0.39, 0.29) is 25.1 Å². The minimum atomic E-state index is -4.45. The zero-order valence-corrected chi connectivity index (χ0v) is 55.0. The number of nitrogens with one attached hydrogen (secondary N) is 1. The number of carbonyl (C=O) groups is 2. The molecule has 1 amide bonds. The van der Waals surface area contributed by atoms with Gasteiger partial charge in [0.1, 0.15) is 19.3 Å². The highest BCUT2D eigenvalue weighted by atomic mass is 31.2. The Kier molecular flexibility index (Phi) is 59.0. The van der Waals surface area contributed by atoms with Crippen molar-refractivity contribution in [2.45, 2.75) is 360 Å². The third-order valence-electron chi connectivity index (χ3n) is 15.9. The van der Waals surface area contributed by atoms with Gasteiger partial charge in [-0.1, -0.05) is 314 Å². The number of likely N-dealkylation sites (N-methyl/N-ethyl adjacent to an activating group) is 1. The van der Waals surface area contributed by atoms with Crippen LogP contribution in [-0.2, 0) is 27.9 Å². The van der Waals surface area contributed by atoms with Crippen LogP contribution in [0.1, 0.15) is 348 Å². The van der Waals surface area contributed by atoms with Crippen LogP contribution in [0, 0.1) is 0 Å². The highest BCUT2D eigenvalue weighted by Gasteiger charge is 2.30. The Labute approximate surface area is 497 Å². The summed E-state index contributed by atoms with van der Waals surface area (Å²) < 4.78 is 30.7. The molecule has 2 N–H and O–H groups in total. The van der Waals surface area contributed by atoms with Gasteiger partial charge in [0.25, 0.3) is 0 Å². The number of ether oxygens (including phenoxy) is 1. The van der Waals surface area contributed by atoms with E-state index >= 15 is 0 Å². The van der Waals surface area contributed by atoms with Crippen molar-refractivity contribution in [2.75, 3.05) is 40.9 Å². The number of phosphoric acid groups is 1. The lowest BCUT2D eigenvalue weighted by Crippen LogP contribution is -2.47. The molecule has 0 aliphatic heterocycles. The van der Waals surface area contributed by atoms with E-state index in [2.05, 4.69) is 50.4 Å². The summed E-state index contributed by atoms with van der Waals surface area (Å²) in [6.07, 6.45) is 74.6. The zero-order valence-electron chi connectivity index (χ0n) is 54.1. The Bertz CT molecular complexity index is 1460. The van der Waals surface area contributed by atoms with Crippen LogP contribution in [-0.4, -0.2) is 74.3 Å². The molecule has 0 rings (SSSR count). The number of amides is 1. The number of nitrogens with zero attached hydrogens (tertiary/aromatic N) is 1. The first-order valence-electron chi connectivity index (χ1n) is 34.8. The van der Waals surface area contributed by atoms with Gasteiger partial charge in [0.2, 0.25) is 5.91 Å². The molecular formula is C70H136N2O7P+. The van der Waals surface area contributed by atoms with Crippen molar-refractivity contribution in [1.29, 1.82) is 0 Å². The minimum absolute atomic E-state index is 0.0374. The Hall–Kier alpha value is -1.77. The molecule has 0 aliphatic rings. The van der Waals surface area contributed by atoms with Crippen LogP contribution < -0.4 is 5.32 Å². The lowest BCUT2D eigenvalue weighted by atomic mass is 10.0. The van der Waals surface area contributed by atoms with Crippen LogP contribution in [0.15, 0.2) is 36.5 Å². The van der Waals surface area contributed by atoms with Gasteiger partial charge in [0.15, 0.2) is 0 Å². The van der Waals surface area contributed by atoms with E-state index in [1.807, 2.05) is 33.3 Å². The van der Waals surface area contributed by atoms with Crippen molar-refractivity contribution in [1.82, 2.24) is 5.32 Å². The highest BCUT2D eigenvalue weighted by Crippen LogP contribution is 2.43. The monoisotopic (exact) mass is 1150 g/mol. The van der Waals surface area contributed by atoms with E-state index in [1.165, 1.54) is 244 Å². The van der Waals surface area contributed by atoms with E-state index in [4.69, 9.17) is 13.8 Å². The first kappa shape index (κ1) is 78.2. The molecule has 0 aromatic rings. The SMILES string of the molecule is CCCCCCCCC/C=C/C=C/CCCCCC(=O)NC(COP(=O)(O)OCC[N+](C)(C)C)C(/C=C\CCCCCCCCCCC)OC(=O)CCCCCCCCCCCCCCCCCCCCCCCCCCCCC. The van der Waals surface area contributed by atoms with Crippen LogP contribution in [0.2, 0.25) is 0 Å². The number of unbranched alkanes of at least 4 members (excludes halogenated alkanes) is 45. The summed E-state index contributed by atoms with van der Waals surface area (Å²) in [6.45, 7) is 7.03. The Morgan fingerprint density at radius 3 is 1.11 bits per heavy atom. The number of phosphoric ester groups is 1. The van der Waals surface area contributed by atoms with Crippen molar-refractivity contribution in [3.8, 4) is 0 Å². The molecule has 80 heavy (non-hydrogen) atoms. The number of hydrogen-bond acceptors (Lipinski definition) is 6. The molecule has 0 saturated heterocycles. The van der Waals surface area contributed by atoms with Crippen LogP contribution in [0.4, 0.5) is 0 Å². The van der Waals surface area contributed by atoms with Gasteiger partial charge in [-0.05, 0) is 57.4 Å². The number of rotatable bonds is 64. The van der Waals surface area contributed by atoms with Crippen molar-refractivity contribution in [2.24, 2.45) is 0 Å². The molecule has 9 nitrogen and oxygen atoms in total. The largest absolute Gasteiger partial charge is 0.472 e. The first-order chi connectivity index (χ1) is 38.9. The van der Waals surface area contributed by atoms with Gasteiger partial charge in [0, 0.05) is 12.8 Å². The minimum Gasteiger partial charge on any atom is -0.456 e. The van der Waals surface area contributed by atoms with Gasteiger partial charge in [-0.2, -0.15) is 0 Å². The van der Waals surface area contributed by atoms with Gasteiger partial charge in [0.05, 0.1) is 33.8 Å². The third-order valence-corrected chi connectivity index (χ3v) is 16.8. The summed E-state index contributed by atoms with van der Waals surface area (Å²) in [6, 6.07) is -0.858. The van der Waals surface area contributed by atoms with Crippen molar-refractivity contribution in [3.63, 3.8) is 0 Å².